The van der Waals surface area contributed by atoms with Gasteiger partial charge < -0.3 is 4.74 Å². The summed E-state index contributed by atoms with van der Waals surface area (Å²) in [6.45, 7) is 4.17. The minimum absolute atomic E-state index is 0.233. The van der Waals surface area contributed by atoms with Crippen LogP contribution >= 0.6 is 11.3 Å². The van der Waals surface area contributed by atoms with E-state index in [9.17, 15) is 4.79 Å². The zero-order chi connectivity index (χ0) is 13.8. The number of carbonyl (C=O) groups excluding carboxylic acids is 1. The highest BCUT2D eigenvalue weighted by molar-refractivity contribution is 7.17. The lowest BCUT2D eigenvalue weighted by Crippen LogP contribution is -2.35. The summed E-state index contributed by atoms with van der Waals surface area (Å²) < 4.78 is 6.13. The van der Waals surface area contributed by atoms with Crippen LogP contribution in [0.4, 0.5) is 0 Å². The summed E-state index contributed by atoms with van der Waals surface area (Å²) in [7, 11) is 1.43. The summed E-state index contributed by atoms with van der Waals surface area (Å²) >= 11 is 1.66. The first-order chi connectivity index (χ1) is 9.17. The molecular weight excluding hydrogens is 258 g/mol. The Morgan fingerprint density at radius 1 is 1.42 bits per heavy atom. The fourth-order valence-corrected chi connectivity index (χ4v) is 3.01. The molecular formula is C15H19NO2S. The Bertz CT molecular complexity index is 564. The number of hydrogen-bond donors (Lipinski definition) is 1. The Balaban J connectivity index is 2.39. The molecule has 0 radical (unpaired) electrons. The van der Waals surface area contributed by atoms with Gasteiger partial charge in [0.15, 0.2) is 0 Å². The Labute approximate surface area is 117 Å². The van der Waals surface area contributed by atoms with Crippen molar-refractivity contribution >= 4 is 27.4 Å². The summed E-state index contributed by atoms with van der Waals surface area (Å²) in [6.07, 6.45) is 0.968. The van der Waals surface area contributed by atoms with Crippen LogP contribution < -0.4 is 5.32 Å². The lowest BCUT2D eigenvalue weighted by molar-refractivity contribution is -0.143. The van der Waals surface area contributed by atoms with Crippen LogP contribution in [0.5, 0.6) is 0 Å². The highest BCUT2D eigenvalue weighted by Gasteiger charge is 2.25. The number of esters is 1. The topological polar surface area (TPSA) is 38.3 Å². The van der Waals surface area contributed by atoms with E-state index in [1.165, 1.54) is 11.8 Å². The van der Waals surface area contributed by atoms with Crippen molar-refractivity contribution in [2.75, 3.05) is 7.11 Å². The van der Waals surface area contributed by atoms with E-state index in [-0.39, 0.29) is 12.0 Å². The summed E-state index contributed by atoms with van der Waals surface area (Å²) in [5.41, 5.74) is 1.01. The SMILES string of the molecule is CCC(C)NC(C(=O)OC)c1csc2ccccc12. The van der Waals surface area contributed by atoms with E-state index >= 15 is 0 Å². The van der Waals surface area contributed by atoms with Crippen LogP contribution in [0.3, 0.4) is 0 Å². The number of benzene rings is 1. The number of methoxy groups -OCH3 is 1. The van der Waals surface area contributed by atoms with Crippen molar-refractivity contribution in [3.8, 4) is 0 Å². The molecule has 1 aromatic heterocycles. The van der Waals surface area contributed by atoms with Gasteiger partial charge in [-0.05, 0) is 35.7 Å². The van der Waals surface area contributed by atoms with Crippen molar-refractivity contribution < 1.29 is 9.53 Å². The van der Waals surface area contributed by atoms with E-state index < -0.39 is 6.04 Å². The zero-order valence-corrected chi connectivity index (χ0v) is 12.3. The minimum atomic E-state index is -0.393. The first-order valence-corrected chi connectivity index (χ1v) is 7.35. The third-order valence-electron chi connectivity index (χ3n) is 3.32. The molecule has 1 N–H and O–H groups in total. The molecule has 0 bridgehead atoms. The summed E-state index contributed by atoms with van der Waals surface area (Å²) in [5.74, 6) is -0.233. The Morgan fingerprint density at radius 3 is 2.84 bits per heavy atom. The van der Waals surface area contributed by atoms with Crippen LogP contribution in [0, 0.1) is 0 Å². The average Bonchev–Trinajstić information content (AvgIpc) is 2.87. The fourth-order valence-electron chi connectivity index (χ4n) is 2.03. The highest BCUT2D eigenvalue weighted by Crippen LogP contribution is 2.31. The van der Waals surface area contributed by atoms with E-state index in [0.29, 0.717) is 0 Å². The molecule has 2 atom stereocenters. The number of ether oxygens (including phenoxy) is 1. The predicted octanol–water partition coefficient (Wildman–Crippen LogP) is 3.50. The molecule has 2 unspecified atom stereocenters. The molecule has 0 spiro atoms. The second-order valence-electron chi connectivity index (χ2n) is 4.62. The molecule has 0 saturated carbocycles. The number of fused-ring (bicyclic) bond motifs is 1. The smallest absolute Gasteiger partial charge is 0.327 e. The van der Waals surface area contributed by atoms with Crippen molar-refractivity contribution in [2.45, 2.75) is 32.4 Å². The molecule has 0 aliphatic rings. The number of rotatable bonds is 5. The van der Waals surface area contributed by atoms with Crippen LogP contribution in [0.25, 0.3) is 10.1 Å². The molecule has 4 heteroatoms. The van der Waals surface area contributed by atoms with E-state index in [2.05, 4.69) is 31.3 Å². The van der Waals surface area contributed by atoms with Gasteiger partial charge in [0.25, 0.3) is 0 Å². The maximum atomic E-state index is 12.0. The van der Waals surface area contributed by atoms with Gasteiger partial charge in [0.1, 0.15) is 6.04 Å². The van der Waals surface area contributed by atoms with Gasteiger partial charge in [0.05, 0.1) is 7.11 Å². The van der Waals surface area contributed by atoms with Crippen LogP contribution in [-0.2, 0) is 9.53 Å². The molecule has 3 nitrogen and oxygen atoms in total. The van der Waals surface area contributed by atoms with Gasteiger partial charge in [-0.25, -0.2) is 4.79 Å². The van der Waals surface area contributed by atoms with Gasteiger partial charge in [-0.1, -0.05) is 25.1 Å². The van der Waals surface area contributed by atoms with E-state index in [4.69, 9.17) is 4.74 Å². The van der Waals surface area contributed by atoms with Crippen LogP contribution in [0.1, 0.15) is 31.9 Å². The second kappa shape index (κ2) is 6.17. The number of carbonyl (C=O) groups is 1. The van der Waals surface area contributed by atoms with Crippen LogP contribution in [0.2, 0.25) is 0 Å². The fraction of sp³-hybridized carbons (Fsp3) is 0.400. The maximum absolute atomic E-state index is 12.0. The first-order valence-electron chi connectivity index (χ1n) is 6.47. The molecule has 0 amide bonds. The first kappa shape index (κ1) is 14.0. The Hall–Kier alpha value is -1.39. The Kier molecular flexibility index (Phi) is 4.56. The molecule has 102 valence electrons. The molecule has 0 saturated heterocycles. The normalized spacial score (nSPS) is 14.3. The van der Waals surface area contributed by atoms with Gasteiger partial charge in [-0.15, -0.1) is 11.3 Å². The standard InChI is InChI=1S/C15H19NO2S/c1-4-10(2)16-14(15(17)18-3)12-9-19-13-8-6-5-7-11(12)13/h5-10,14,16H,4H2,1-3H3. The van der Waals surface area contributed by atoms with E-state index in [1.807, 2.05) is 17.5 Å². The van der Waals surface area contributed by atoms with Crippen molar-refractivity contribution in [1.82, 2.24) is 5.32 Å². The van der Waals surface area contributed by atoms with Gasteiger partial charge in [-0.2, -0.15) is 0 Å². The molecule has 0 aliphatic heterocycles. The molecule has 2 rings (SSSR count). The molecule has 19 heavy (non-hydrogen) atoms. The summed E-state index contributed by atoms with van der Waals surface area (Å²) in [4.78, 5) is 12.0. The predicted molar refractivity (Wildman–Crippen MR) is 79.5 cm³/mol. The van der Waals surface area contributed by atoms with Crippen molar-refractivity contribution in [1.29, 1.82) is 0 Å². The monoisotopic (exact) mass is 277 g/mol. The lowest BCUT2D eigenvalue weighted by Gasteiger charge is -2.20. The average molecular weight is 277 g/mol. The van der Waals surface area contributed by atoms with Crippen molar-refractivity contribution in [3.05, 3.63) is 35.2 Å². The lowest BCUT2D eigenvalue weighted by atomic mass is 10.0. The summed E-state index contributed by atoms with van der Waals surface area (Å²) in [5, 5.41) is 6.51. The quantitative estimate of drug-likeness (QED) is 0.850. The third-order valence-corrected chi connectivity index (χ3v) is 4.30. The highest BCUT2D eigenvalue weighted by atomic mass is 32.1. The third kappa shape index (κ3) is 2.96. The van der Waals surface area contributed by atoms with E-state index in [0.717, 1.165) is 17.4 Å². The molecule has 1 heterocycles. The van der Waals surface area contributed by atoms with Crippen molar-refractivity contribution in [2.24, 2.45) is 0 Å². The largest absolute Gasteiger partial charge is 0.468 e. The molecule has 0 fully saturated rings. The van der Waals surface area contributed by atoms with Gasteiger partial charge in [0.2, 0.25) is 0 Å². The zero-order valence-electron chi connectivity index (χ0n) is 11.5. The van der Waals surface area contributed by atoms with Gasteiger partial charge >= 0.3 is 5.97 Å². The van der Waals surface area contributed by atoms with Gasteiger partial charge in [0, 0.05) is 10.7 Å². The van der Waals surface area contributed by atoms with Gasteiger partial charge in [-0.3, -0.25) is 5.32 Å². The van der Waals surface area contributed by atoms with E-state index in [1.54, 1.807) is 11.3 Å². The molecule has 0 aliphatic carbocycles. The molecule has 1 aromatic carbocycles. The number of hydrogen-bond acceptors (Lipinski definition) is 4. The van der Waals surface area contributed by atoms with Crippen LogP contribution in [-0.4, -0.2) is 19.1 Å². The van der Waals surface area contributed by atoms with Crippen molar-refractivity contribution in [3.63, 3.8) is 0 Å². The second-order valence-corrected chi connectivity index (χ2v) is 5.53. The van der Waals surface area contributed by atoms with Crippen LogP contribution in [0.15, 0.2) is 29.6 Å². The minimum Gasteiger partial charge on any atom is -0.468 e. The maximum Gasteiger partial charge on any atom is 0.327 e. The number of nitrogens with one attached hydrogen (secondary N) is 1. The number of thiophene rings is 1. The summed E-state index contributed by atoms with van der Waals surface area (Å²) in [6, 6.07) is 8.00. The molecule has 2 aromatic rings. The Morgan fingerprint density at radius 2 is 2.16 bits per heavy atom.